The van der Waals surface area contributed by atoms with E-state index in [1.165, 1.54) is 16.4 Å². The first-order valence-electron chi connectivity index (χ1n) is 6.17. The van der Waals surface area contributed by atoms with Crippen LogP contribution in [0.2, 0.25) is 12.6 Å². The van der Waals surface area contributed by atoms with Gasteiger partial charge >= 0.3 is 23.1 Å². The Balaban J connectivity index is 0.00000162. The number of benzene rings is 2. The summed E-state index contributed by atoms with van der Waals surface area (Å²) in [7, 11) is -1.56. The summed E-state index contributed by atoms with van der Waals surface area (Å²) >= 11 is 0. The van der Waals surface area contributed by atoms with Gasteiger partial charge in [0.25, 0.3) is 0 Å². The van der Waals surface area contributed by atoms with Crippen molar-refractivity contribution in [2.45, 2.75) is 19.0 Å². The summed E-state index contributed by atoms with van der Waals surface area (Å²) in [6.45, 7) is 6.50. The van der Waals surface area contributed by atoms with Crippen molar-refractivity contribution < 1.29 is 12.4 Å². The summed E-state index contributed by atoms with van der Waals surface area (Å²) in [5.41, 5.74) is 0. The number of rotatable bonds is 4. The van der Waals surface area contributed by atoms with Gasteiger partial charge in [0, 0.05) is 0 Å². The van der Waals surface area contributed by atoms with Crippen molar-refractivity contribution in [2.75, 3.05) is 0 Å². The molecule has 0 spiro atoms. The molecule has 0 atom stereocenters. The van der Waals surface area contributed by atoms with Gasteiger partial charge in [0.05, 0.1) is 0 Å². The fraction of sp³-hybridized carbons (Fsp3) is 0.188. The zero-order valence-corrected chi connectivity index (χ0v) is 14.7. The van der Waals surface area contributed by atoms with Gasteiger partial charge in [-0.05, 0) is 0 Å². The monoisotopic (exact) mass is 298 g/mol. The van der Waals surface area contributed by atoms with E-state index in [0.717, 1.165) is 6.42 Å². The van der Waals surface area contributed by atoms with Crippen LogP contribution < -0.4 is 22.8 Å². The van der Waals surface area contributed by atoms with Crippen molar-refractivity contribution in [3.05, 3.63) is 67.6 Å². The third kappa shape index (κ3) is 4.35. The van der Waals surface area contributed by atoms with Gasteiger partial charge in [-0.15, -0.1) is 0 Å². The fourth-order valence-corrected chi connectivity index (χ4v) is 5.89. The molecule has 2 rings (SSSR count). The second kappa shape index (κ2) is 8.80. The van der Waals surface area contributed by atoms with E-state index in [9.17, 15) is 0 Å². The van der Waals surface area contributed by atoms with E-state index >= 15 is 0 Å². The number of hydrogen-bond acceptors (Lipinski definition) is 0. The third-order valence-electron chi connectivity index (χ3n) is 3.50. The summed E-state index contributed by atoms with van der Waals surface area (Å²) in [4.78, 5) is 0. The molecule has 0 bridgehead atoms. The molecule has 0 heterocycles. The summed E-state index contributed by atoms with van der Waals surface area (Å²) in [6, 6.07) is 23.1. The van der Waals surface area contributed by atoms with Crippen molar-refractivity contribution in [1.82, 2.24) is 0 Å². The van der Waals surface area contributed by atoms with Crippen molar-refractivity contribution in [1.29, 1.82) is 0 Å². The molecule has 19 heavy (non-hydrogen) atoms. The van der Waals surface area contributed by atoms with Crippen LogP contribution in [0.5, 0.6) is 0 Å². The van der Waals surface area contributed by atoms with Crippen molar-refractivity contribution in [3.8, 4) is 0 Å². The van der Waals surface area contributed by atoms with Gasteiger partial charge in [0.2, 0.25) is 0 Å². The first-order valence-corrected chi connectivity index (χ1v) is 8.88. The van der Waals surface area contributed by atoms with Gasteiger partial charge < -0.3 is 19.3 Å². The first kappa shape index (κ1) is 18.7. The second-order valence-electron chi connectivity index (χ2n) is 4.67. The van der Waals surface area contributed by atoms with Crippen LogP contribution in [0.25, 0.3) is 0 Å². The summed E-state index contributed by atoms with van der Waals surface area (Å²) in [5.74, 6) is 0. The number of hydrogen-bond donors (Lipinski definition) is 0. The smallest absolute Gasteiger partial charge is 1.00 e. The molecule has 0 aromatic heterocycles. The quantitative estimate of drug-likeness (QED) is 0.538. The minimum absolute atomic E-state index is 0. The fourth-order valence-electron chi connectivity index (χ4n) is 2.42. The maximum atomic E-state index is 4.06. The third-order valence-corrected chi connectivity index (χ3v) is 8.07. The zero-order chi connectivity index (χ0) is 12.1. The van der Waals surface area contributed by atoms with Gasteiger partial charge in [-0.2, -0.15) is 6.42 Å². The van der Waals surface area contributed by atoms with E-state index in [-0.39, 0.29) is 35.5 Å². The van der Waals surface area contributed by atoms with E-state index in [1.807, 2.05) is 0 Å². The molecular weight excluding hydrogens is 280 g/mol. The van der Waals surface area contributed by atoms with E-state index < -0.39 is 8.07 Å². The molecule has 0 saturated carbocycles. The largest absolute Gasteiger partial charge is 2.00 e. The summed E-state index contributed by atoms with van der Waals surface area (Å²) in [6.07, 6.45) is 1.01. The molecule has 0 saturated heterocycles. The molecule has 0 aliphatic carbocycles. The van der Waals surface area contributed by atoms with Crippen LogP contribution >= 0.6 is 0 Å². The predicted molar refractivity (Wildman–Crippen MR) is 84.3 cm³/mol. The molecule has 0 unspecified atom stereocenters. The molecular formula is C16H19ClMgSi. The Labute approximate surface area is 140 Å². The molecule has 3 heteroatoms. The molecule has 0 aliphatic rings. The van der Waals surface area contributed by atoms with Crippen LogP contribution in [0, 0.1) is 6.92 Å². The van der Waals surface area contributed by atoms with Crippen molar-refractivity contribution in [3.63, 3.8) is 0 Å². The predicted octanol–water partition coefficient (Wildman–Crippen LogP) is -0.273. The molecule has 2 aromatic rings. The standard InChI is InChI=1S/C16H19Si.ClH.Mg/c1-3-14-17(2,15-10-6-4-7-11-15)16-12-8-5-9-13-16;;/h4-13H,1,3,14H2,2H3;1H;/q-1;;+2/p-1. The van der Waals surface area contributed by atoms with Gasteiger partial charge in [0.15, 0.2) is 0 Å². The SMILES string of the molecule is [CH2-]CC[Si](C)(c1ccccc1)c1ccccc1.[Cl-].[Mg+2]. The van der Waals surface area contributed by atoms with E-state index in [1.54, 1.807) is 0 Å². The molecule has 0 fully saturated rings. The van der Waals surface area contributed by atoms with Gasteiger partial charge in [-0.1, -0.05) is 83.6 Å². The van der Waals surface area contributed by atoms with Gasteiger partial charge in [-0.25, -0.2) is 0 Å². The van der Waals surface area contributed by atoms with Gasteiger partial charge in [0.1, 0.15) is 8.07 Å². The normalized spacial score (nSPS) is 10.2. The van der Waals surface area contributed by atoms with E-state index in [4.69, 9.17) is 0 Å². The van der Waals surface area contributed by atoms with E-state index in [0.29, 0.717) is 0 Å². The maximum Gasteiger partial charge on any atom is 2.00 e. The van der Waals surface area contributed by atoms with E-state index in [2.05, 4.69) is 74.1 Å². The summed E-state index contributed by atoms with van der Waals surface area (Å²) in [5, 5.41) is 3.02. The first-order chi connectivity index (χ1) is 8.27. The van der Waals surface area contributed by atoms with Crippen LogP contribution in [0.15, 0.2) is 60.7 Å². The Morgan fingerprint density at radius 1 is 0.842 bits per heavy atom. The average Bonchev–Trinajstić information content (AvgIpc) is 2.41. The second-order valence-corrected chi connectivity index (χ2v) is 8.99. The Morgan fingerprint density at radius 3 is 1.53 bits per heavy atom. The minimum Gasteiger partial charge on any atom is -1.00 e. The topological polar surface area (TPSA) is 0 Å². The molecule has 0 aliphatic heterocycles. The molecule has 0 nitrogen and oxygen atoms in total. The number of halogens is 1. The van der Waals surface area contributed by atoms with Gasteiger partial charge in [-0.3, -0.25) is 0 Å². The van der Waals surface area contributed by atoms with Crippen LogP contribution in [-0.2, 0) is 0 Å². The molecule has 0 N–H and O–H groups in total. The molecule has 0 radical (unpaired) electrons. The average molecular weight is 299 g/mol. The minimum atomic E-state index is -1.56. The van der Waals surface area contributed by atoms with Crippen LogP contribution in [-0.4, -0.2) is 31.1 Å². The van der Waals surface area contributed by atoms with Crippen LogP contribution in [0.1, 0.15) is 6.42 Å². The summed E-state index contributed by atoms with van der Waals surface area (Å²) < 4.78 is 0. The Bertz CT molecular complexity index is 419. The molecule has 2 aromatic carbocycles. The Morgan fingerprint density at radius 2 is 1.21 bits per heavy atom. The molecule has 96 valence electrons. The maximum absolute atomic E-state index is 4.06. The van der Waals surface area contributed by atoms with Crippen LogP contribution in [0.4, 0.5) is 0 Å². The zero-order valence-electron chi connectivity index (χ0n) is 11.5. The van der Waals surface area contributed by atoms with Crippen molar-refractivity contribution in [2.24, 2.45) is 0 Å². The molecule has 0 amide bonds. The van der Waals surface area contributed by atoms with Crippen molar-refractivity contribution >= 4 is 41.5 Å². The Hall–Kier alpha value is -0.287. The van der Waals surface area contributed by atoms with Crippen LogP contribution in [0.3, 0.4) is 0 Å². The Kier molecular flexibility index (Phi) is 8.67.